The molecule has 0 radical (unpaired) electrons. The molecule has 0 saturated carbocycles. The van der Waals surface area contributed by atoms with E-state index in [0.717, 1.165) is 0 Å². The zero-order chi connectivity index (χ0) is 21.3. The molecule has 11 heteroatoms. The summed E-state index contributed by atoms with van der Waals surface area (Å²) in [6.07, 6.45) is 0. The van der Waals surface area contributed by atoms with Crippen molar-refractivity contribution >= 4 is 54.0 Å². The van der Waals surface area contributed by atoms with Gasteiger partial charge in [0.15, 0.2) is 0 Å². The van der Waals surface area contributed by atoms with E-state index in [-0.39, 0.29) is 22.1 Å². The van der Waals surface area contributed by atoms with E-state index in [0.29, 0.717) is 20.9 Å². The Balaban J connectivity index is 2.08. The van der Waals surface area contributed by atoms with Crippen molar-refractivity contribution in [3.8, 4) is 5.75 Å². The predicted octanol–water partition coefficient (Wildman–Crippen LogP) is 2.94. The molecule has 3 aromatic rings. The summed E-state index contributed by atoms with van der Waals surface area (Å²) in [5.41, 5.74) is 1.16. The largest absolute Gasteiger partial charge is 0.772 e. The number of carbonyl (C=O) groups is 1. The third-order valence-corrected chi connectivity index (χ3v) is 6.84. The van der Waals surface area contributed by atoms with Gasteiger partial charge in [-0.1, -0.05) is 45.2 Å². The van der Waals surface area contributed by atoms with E-state index < -0.39 is 33.7 Å². The second-order valence-corrected chi connectivity index (χ2v) is 9.39. The number of hydrogen-bond acceptors (Lipinski definition) is 6. The second kappa shape index (κ2) is 8.27. The second-order valence-electron chi connectivity index (χ2n) is 6.16. The average molecular weight is 501 g/mol. The molecule has 0 spiro atoms. The molecule has 1 atom stereocenters. The molecular weight excluding hydrogens is 486 g/mol. The van der Waals surface area contributed by atoms with E-state index in [4.69, 9.17) is 4.18 Å². The molecule has 3 rings (SSSR count). The molecule has 0 fully saturated rings. The Morgan fingerprint density at radius 1 is 1.24 bits per heavy atom. The Morgan fingerprint density at radius 3 is 2.48 bits per heavy atom. The molecular formula is C18H15BrNO7S2-. The number of carboxylic acid groups (broad SMARTS) is 1. The molecule has 0 bridgehead atoms. The molecule has 2 aromatic carbocycles. The molecule has 1 N–H and O–H groups in total. The Bertz CT molecular complexity index is 1220. The van der Waals surface area contributed by atoms with Crippen LogP contribution in [0, 0.1) is 6.92 Å². The smallest absolute Gasteiger partial charge is 0.341 e. The molecule has 1 unspecified atom stereocenters. The minimum atomic E-state index is -4.31. The van der Waals surface area contributed by atoms with E-state index in [1.54, 1.807) is 18.2 Å². The Hall–Kier alpha value is -2.21. The van der Waals surface area contributed by atoms with Crippen LogP contribution in [0.25, 0.3) is 10.9 Å². The Kier molecular flexibility index (Phi) is 6.13. The van der Waals surface area contributed by atoms with Gasteiger partial charge in [-0.25, -0.2) is 0 Å². The highest BCUT2D eigenvalue weighted by Gasteiger charge is 2.29. The van der Waals surface area contributed by atoms with E-state index in [1.165, 1.54) is 35.8 Å². The van der Waals surface area contributed by atoms with Crippen molar-refractivity contribution in [3.05, 3.63) is 58.2 Å². The number of rotatable bonds is 7. The first-order chi connectivity index (χ1) is 13.6. The van der Waals surface area contributed by atoms with Crippen molar-refractivity contribution in [2.75, 3.05) is 0 Å². The van der Waals surface area contributed by atoms with Gasteiger partial charge >= 0.3 is 16.1 Å². The SMILES string of the molecule is Cc1c(S(=O)(=O)Oc2ccc(CS(=O)[O-])cc2)c2c(Br)cccc2n1CC(=O)O. The third kappa shape index (κ3) is 4.53. The number of carboxylic acids is 1. The van der Waals surface area contributed by atoms with Gasteiger partial charge in [-0.05, 0) is 36.8 Å². The first-order valence-electron chi connectivity index (χ1n) is 8.18. The fourth-order valence-corrected chi connectivity index (χ4v) is 5.57. The minimum absolute atomic E-state index is 0.0102. The molecule has 0 aliphatic heterocycles. The number of aromatic nitrogens is 1. The maximum Gasteiger partial charge on any atom is 0.341 e. The number of halogens is 1. The topological polar surface area (TPSA) is 126 Å². The van der Waals surface area contributed by atoms with Crippen LogP contribution < -0.4 is 4.18 Å². The summed E-state index contributed by atoms with van der Waals surface area (Å²) in [6.45, 7) is 1.10. The molecule has 1 aromatic heterocycles. The van der Waals surface area contributed by atoms with Crippen LogP contribution in [0.5, 0.6) is 5.75 Å². The summed E-state index contributed by atoms with van der Waals surface area (Å²) < 4.78 is 54.7. The predicted molar refractivity (Wildman–Crippen MR) is 109 cm³/mol. The molecule has 0 saturated heterocycles. The maximum absolute atomic E-state index is 13.0. The normalized spacial score (nSPS) is 12.8. The van der Waals surface area contributed by atoms with Crippen molar-refractivity contribution in [3.63, 3.8) is 0 Å². The fraction of sp³-hybridized carbons (Fsp3) is 0.167. The lowest BCUT2D eigenvalue weighted by Gasteiger charge is -2.10. The van der Waals surface area contributed by atoms with Crippen LogP contribution in [-0.4, -0.2) is 32.8 Å². The minimum Gasteiger partial charge on any atom is -0.772 e. The van der Waals surface area contributed by atoms with Gasteiger partial charge < -0.3 is 18.4 Å². The van der Waals surface area contributed by atoms with Crippen LogP contribution >= 0.6 is 15.9 Å². The van der Waals surface area contributed by atoms with Crippen LogP contribution in [0.1, 0.15) is 11.3 Å². The number of nitrogens with zero attached hydrogens (tertiary/aromatic N) is 1. The average Bonchev–Trinajstić information content (AvgIpc) is 2.90. The number of benzene rings is 2. The first-order valence-corrected chi connectivity index (χ1v) is 11.6. The lowest BCUT2D eigenvalue weighted by atomic mass is 10.2. The van der Waals surface area contributed by atoms with Crippen LogP contribution in [-0.2, 0) is 38.3 Å². The summed E-state index contributed by atoms with van der Waals surface area (Å²) in [6, 6.07) is 10.6. The summed E-state index contributed by atoms with van der Waals surface area (Å²) in [5.74, 6) is -1.29. The molecule has 0 amide bonds. The number of hydrogen-bond donors (Lipinski definition) is 1. The van der Waals surface area contributed by atoms with Gasteiger partial charge in [0, 0.05) is 21.3 Å². The van der Waals surface area contributed by atoms with Gasteiger partial charge in [0.25, 0.3) is 0 Å². The van der Waals surface area contributed by atoms with E-state index in [9.17, 15) is 27.1 Å². The molecule has 0 aliphatic carbocycles. The van der Waals surface area contributed by atoms with Crippen LogP contribution in [0.4, 0.5) is 0 Å². The summed E-state index contributed by atoms with van der Waals surface area (Å²) in [4.78, 5) is 11.1. The zero-order valence-corrected chi connectivity index (χ0v) is 18.2. The van der Waals surface area contributed by atoms with Gasteiger partial charge in [-0.15, -0.1) is 0 Å². The first kappa shape index (κ1) is 21.5. The summed E-state index contributed by atoms with van der Waals surface area (Å²) >= 11 is 1.07. The van der Waals surface area contributed by atoms with Crippen LogP contribution in [0.2, 0.25) is 0 Å². The van der Waals surface area contributed by atoms with Crippen molar-refractivity contribution < 1.29 is 31.3 Å². The van der Waals surface area contributed by atoms with Crippen LogP contribution in [0.3, 0.4) is 0 Å². The summed E-state index contributed by atoms with van der Waals surface area (Å²) in [5, 5.41) is 9.52. The third-order valence-electron chi connectivity index (χ3n) is 4.20. The molecule has 0 aliphatic rings. The van der Waals surface area contributed by atoms with Crippen molar-refractivity contribution in [2.45, 2.75) is 24.1 Å². The highest BCUT2D eigenvalue weighted by molar-refractivity contribution is 9.10. The lowest BCUT2D eigenvalue weighted by Crippen LogP contribution is -2.13. The molecule has 29 heavy (non-hydrogen) atoms. The van der Waals surface area contributed by atoms with E-state index >= 15 is 0 Å². The van der Waals surface area contributed by atoms with Crippen molar-refractivity contribution in [2.24, 2.45) is 0 Å². The van der Waals surface area contributed by atoms with Gasteiger partial charge in [0.1, 0.15) is 17.2 Å². The lowest BCUT2D eigenvalue weighted by molar-refractivity contribution is -0.137. The summed E-state index contributed by atoms with van der Waals surface area (Å²) in [7, 11) is -4.31. The fourth-order valence-electron chi connectivity index (χ4n) is 3.04. The van der Waals surface area contributed by atoms with Gasteiger partial charge in [-0.3, -0.25) is 9.00 Å². The van der Waals surface area contributed by atoms with Crippen LogP contribution in [0.15, 0.2) is 51.8 Å². The Morgan fingerprint density at radius 2 is 1.90 bits per heavy atom. The molecule has 1 heterocycles. The van der Waals surface area contributed by atoms with E-state index in [2.05, 4.69) is 15.9 Å². The highest BCUT2D eigenvalue weighted by Crippen LogP contribution is 2.36. The van der Waals surface area contributed by atoms with Gasteiger partial charge in [0.05, 0.1) is 5.52 Å². The maximum atomic E-state index is 13.0. The quantitative estimate of drug-likeness (QED) is 0.390. The standard InChI is InChI=1S/C18H16BrNO7S2/c1-11-18(17-14(19)3-2-4-15(17)20(11)9-16(21)22)29(25,26)27-13-7-5-12(6-8-13)10-28(23)24/h2-8H,9-10H2,1H3,(H,21,22)(H,23,24)/p-1. The monoisotopic (exact) mass is 500 g/mol. The Labute approximate surface area is 177 Å². The highest BCUT2D eigenvalue weighted by atomic mass is 79.9. The van der Waals surface area contributed by atoms with Crippen molar-refractivity contribution in [1.82, 2.24) is 4.57 Å². The number of aliphatic carboxylic acids is 1. The molecule has 8 nitrogen and oxygen atoms in total. The van der Waals surface area contributed by atoms with Crippen molar-refractivity contribution in [1.29, 1.82) is 0 Å². The zero-order valence-electron chi connectivity index (χ0n) is 15.0. The van der Waals surface area contributed by atoms with Gasteiger partial charge in [-0.2, -0.15) is 8.42 Å². The number of fused-ring (bicyclic) bond motifs is 1. The van der Waals surface area contributed by atoms with E-state index in [1.807, 2.05) is 0 Å². The molecule has 154 valence electrons. The van der Waals surface area contributed by atoms with Gasteiger partial charge in [0.2, 0.25) is 0 Å².